The van der Waals surface area contributed by atoms with Crippen molar-refractivity contribution in [3.63, 3.8) is 0 Å². The minimum atomic E-state index is -1.10. The Morgan fingerprint density at radius 3 is 2.70 bits per heavy atom. The van der Waals surface area contributed by atoms with Gasteiger partial charge < -0.3 is 15.7 Å². The summed E-state index contributed by atoms with van der Waals surface area (Å²) in [6.45, 7) is 0.377. The van der Waals surface area contributed by atoms with Gasteiger partial charge in [-0.05, 0) is 24.6 Å². The lowest BCUT2D eigenvalue weighted by atomic mass is 10.2. The molecule has 1 atom stereocenters. The molecule has 0 aromatic heterocycles. The minimum Gasteiger partial charge on any atom is -0.478 e. The van der Waals surface area contributed by atoms with E-state index in [2.05, 4.69) is 10.6 Å². The fourth-order valence-corrected chi connectivity index (χ4v) is 2.11. The number of hydrogen-bond donors (Lipinski definition) is 3. The van der Waals surface area contributed by atoms with Crippen LogP contribution < -0.4 is 10.6 Å². The third kappa shape index (κ3) is 5.58. The smallest absolute Gasteiger partial charge is 0.335 e. The normalized spacial score (nSPS) is 11.7. The summed E-state index contributed by atoms with van der Waals surface area (Å²) in [5, 5.41) is 14.2. The van der Waals surface area contributed by atoms with Crippen LogP contribution in [0.1, 0.15) is 16.8 Å². The Hall–Kier alpha value is -1.60. The van der Waals surface area contributed by atoms with Gasteiger partial charge >= 0.3 is 12.0 Å². The van der Waals surface area contributed by atoms with Gasteiger partial charge in [0.25, 0.3) is 0 Å². The molecule has 3 N–H and O–H groups in total. The van der Waals surface area contributed by atoms with Crippen LogP contribution in [0, 0.1) is 0 Å². The average Bonchev–Trinajstić information content (AvgIpc) is 2.37. The van der Waals surface area contributed by atoms with Gasteiger partial charge in [0.05, 0.1) is 16.3 Å². The van der Waals surface area contributed by atoms with Crippen molar-refractivity contribution in [2.45, 2.75) is 6.42 Å². The summed E-state index contributed by atoms with van der Waals surface area (Å²) < 4.78 is 10.8. The molecule has 0 bridgehead atoms. The third-order valence-corrected chi connectivity index (χ3v) is 3.55. The summed E-state index contributed by atoms with van der Waals surface area (Å²) in [6.07, 6.45) is 2.19. The number of amides is 2. The van der Waals surface area contributed by atoms with Crippen molar-refractivity contribution in [3.05, 3.63) is 28.8 Å². The first-order valence-corrected chi connectivity index (χ1v) is 7.88. The molecule has 0 fully saturated rings. The summed E-state index contributed by atoms with van der Waals surface area (Å²) in [6, 6.07) is 3.55. The average molecular weight is 319 g/mol. The second kappa shape index (κ2) is 7.86. The first kappa shape index (κ1) is 16.5. The van der Waals surface area contributed by atoms with E-state index in [0.29, 0.717) is 18.7 Å². The van der Waals surface area contributed by atoms with Crippen molar-refractivity contribution in [1.29, 1.82) is 0 Å². The quantitative estimate of drug-likeness (QED) is 0.698. The second-order valence-electron chi connectivity index (χ2n) is 4.01. The fraction of sp³-hybridized carbons (Fsp3) is 0.333. The molecule has 20 heavy (non-hydrogen) atoms. The number of benzene rings is 1. The number of aromatic carboxylic acids is 1. The molecule has 0 saturated carbocycles. The molecule has 0 radical (unpaired) electrons. The minimum absolute atomic E-state index is 0.0334. The summed E-state index contributed by atoms with van der Waals surface area (Å²) in [7, 11) is -0.888. The molecule has 1 aromatic carbocycles. The zero-order valence-corrected chi connectivity index (χ0v) is 12.4. The molecule has 0 heterocycles. The van der Waals surface area contributed by atoms with Crippen LogP contribution in [0.25, 0.3) is 0 Å². The standard InChI is InChI=1S/C12H15ClN2O4S/c1-20(19)6-2-5-14-12(18)15-10-7-8(11(16)17)3-4-9(10)13/h3-4,7H,2,5-6H2,1H3,(H,16,17)(H2,14,15,18). The highest BCUT2D eigenvalue weighted by atomic mass is 35.5. The van der Waals surface area contributed by atoms with Gasteiger partial charge in [-0.25, -0.2) is 9.59 Å². The maximum absolute atomic E-state index is 11.6. The number of carboxylic acid groups (broad SMARTS) is 1. The van der Waals surface area contributed by atoms with Gasteiger partial charge in [0, 0.05) is 29.4 Å². The molecule has 110 valence electrons. The van der Waals surface area contributed by atoms with Crippen molar-refractivity contribution in [2.75, 3.05) is 23.9 Å². The van der Waals surface area contributed by atoms with Gasteiger partial charge in [-0.3, -0.25) is 4.21 Å². The summed E-state index contributed by atoms with van der Waals surface area (Å²) in [4.78, 5) is 22.4. The number of hydrogen-bond acceptors (Lipinski definition) is 3. The van der Waals surface area contributed by atoms with Crippen LogP contribution in [0.3, 0.4) is 0 Å². The molecule has 0 saturated heterocycles. The summed E-state index contributed by atoms with van der Waals surface area (Å²) in [5.74, 6) is -0.592. The maximum atomic E-state index is 11.6. The number of carbonyl (C=O) groups is 2. The van der Waals surface area contributed by atoms with Crippen LogP contribution >= 0.6 is 11.6 Å². The number of nitrogens with one attached hydrogen (secondary N) is 2. The molecule has 1 unspecified atom stereocenters. The largest absolute Gasteiger partial charge is 0.478 e. The van der Waals surface area contributed by atoms with Crippen LogP contribution in [-0.4, -0.2) is 39.9 Å². The van der Waals surface area contributed by atoms with E-state index in [4.69, 9.17) is 16.7 Å². The van der Waals surface area contributed by atoms with Gasteiger partial charge in [-0.2, -0.15) is 0 Å². The second-order valence-corrected chi connectivity index (χ2v) is 5.97. The van der Waals surface area contributed by atoms with E-state index in [9.17, 15) is 13.8 Å². The zero-order valence-electron chi connectivity index (χ0n) is 10.8. The first-order chi connectivity index (χ1) is 9.40. The predicted molar refractivity (Wildman–Crippen MR) is 79.0 cm³/mol. The Morgan fingerprint density at radius 2 is 2.10 bits per heavy atom. The number of carbonyl (C=O) groups excluding carboxylic acids is 1. The lowest BCUT2D eigenvalue weighted by Crippen LogP contribution is -2.30. The lowest BCUT2D eigenvalue weighted by molar-refractivity contribution is 0.0697. The van der Waals surface area contributed by atoms with Crippen LogP contribution in [0.2, 0.25) is 5.02 Å². The Morgan fingerprint density at radius 1 is 1.40 bits per heavy atom. The number of carboxylic acids is 1. The number of rotatable bonds is 6. The topological polar surface area (TPSA) is 95.5 Å². The Kier molecular flexibility index (Phi) is 6.47. The van der Waals surface area contributed by atoms with E-state index in [1.165, 1.54) is 18.2 Å². The molecule has 0 spiro atoms. The Labute approximate surface area is 124 Å². The number of halogens is 1. The van der Waals surface area contributed by atoms with E-state index < -0.39 is 22.8 Å². The van der Waals surface area contributed by atoms with E-state index in [1.54, 1.807) is 6.26 Å². The highest BCUT2D eigenvalue weighted by Crippen LogP contribution is 2.22. The molecule has 8 heteroatoms. The highest BCUT2D eigenvalue weighted by molar-refractivity contribution is 7.84. The third-order valence-electron chi connectivity index (χ3n) is 2.36. The zero-order chi connectivity index (χ0) is 15.1. The van der Waals surface area contributed by atoms with E-state index in [1.807, 2.05) is 0 Å². The van der Waals surface area contributed by atoms with Crippen molar-refractivity contribution < 1.29 is 18.9 Å². The summed E-state index contributed by atoms with van der Waals surface area (Å²) in [5.41, 5.74) is 0.259. The molecular formula is C12H15ClN2O4S. The SMILES string of the molecule is CS(=O)CCCNC(=O)Nc1cc(C(=O)O)ccc1Cl. The molecule has 0 aliphatic rings. The van der Waals surface area contributed by atoms with E-state index in [0.717, 1.165) is 0 Å². The first-order valence-electron chi connectivity index (χ1n) is 5.78. The molecular weight excluding hydrogens is 304 g/mol. The monoisotopic (exact) mass is 318 g/mol. The van der Waals surface area contributed by atoms with Gasteiger partial charge in [-0.15, -0.1) is 0 Å². The van der Waals surface area contributed by atoms with Crippen LogP contribution in [0.5, 0.6) is 0 Å². The van der Waals surface area contributed by atoms with Gasteiger partial charge in [-0.1, -0.05) is 11.6 Å². The van der Waals surface area contributed by atoms with Crippen molar-refractivity contribution in [2.24, 2.45) is 0 Å². The highest BCUT2D eigenvalue weighted by Gasteiger charge is 2.09. The van der Waals surface area contributed by atoms with Gasteiger partial charge in [0.15, 0.2) is 0 Å². The molecule has 1 aromatic rings. The lowest BCUT2D eigenvalue weighted by Gasteiger charge is -2.09. The Bertz CT molecular complexity index is 536. The van der Waals surface area contributed by atoms with Gasteiger partial charge in [0.2, 0.25) is 0 Å². The molecule has 0 aliphatic carbocycles. The molecule has 2 amide bonds. The molecule has 1 rings (SSSR count). The van der Waals surface area contributed by atoms with Crippen molar-refractivity contribution in [3.8, 4) is 0 Å². The van der Waals surface area contributed by atoms with Crippen LogP contribution in [0.15, 0.2) is 18.2 Å². The summed E-state index contributed by atoms with van der Waals surface area (Å²) >= 11 is 5.87. The van der Waals surface area contributed by atoms with E-state index >= 15 is 0 Å². The van der Waals surface area contributed by atoms with E-state index in [-0.39, 0.29) is 16.3 Å². The maximum Gasteiger partial charge on any atom is 0.335 e. The Balaban J connectivity index is 2.55. The van der Waals surface area contributed by atoms with Crippen LogP contribution in [-0.2, 0) is 10.8 Å². The fourth-order valence-electron chi connectivity index (χ4n) is 1.40. The number of urea groups is 1. The molecule has 6 nitrogen and oxygen atoms in total. The van der Waals surface area contributed by atoms with Crippen LogP contribution in [0.4, 0.5) is 10.5 Å². The molecule has 0 aliphatic heterocycles. The van der Waals surface area contributed by atoms with Crippen molar-refractivity contribution >= 4 is 40.1 Å². The predicted octanol–water partition coefficient (Wildman–Crippen LogP) is 1.93. The van der Waals surface area contributed by atoms with Gasteiger partial charge in [0.1, 0.15) is 0 Å². The number of anilines is 1. The van der Waals surface area contributed by atoms with Crippen molar-refractivity contribution in [1.82, 2.24) is 5.32 Å².